The minimum absolute atomic E-state index is 0.0872. The van der Waals surface area contributed by atoms with Gasteiger partial charge in [0, 0.05) is 0 Å². The molecule has 5 rings (SSSR count). The van der Waals surface area contributed by atoms with Crippen molar-refractivity contribution in [2.24, 2.45) is 5.92 Å². The summed E-state index contributed by atoms with van der Waals surface area (Å²) in [6.07, 6.45) is 7.57. The summed E-state index contributed by atoms with van der Waals surface area (Å²) < 4.78 is 2.32. The first-order valence-electron chi connectivity index (χ1n) is 9.45. The number of ketones is 1. The maximum absolute atomic E-state index is 12.8. The molecule has 4 nitrogen and oxygen atoms in total. The van der Waals surface area contributed by atoms with E-state index in [4.69, 9.17) is 0 Å². The number of rotatable bonds is 2. The molecule has 0 saturated heterocycles. The van der Waals surface area contributed by atoms with E-state index in [0.717, 1.165) is 27.2 Å². The summed E-state index contributed by atoms with van der Waals surface area (Å²) in [5.74, 6) is -0.859. The molecule has 1 aliphatic carbocycles. The van der Waals surface area contributed by atoms with Crippen LogP contribution in [0.3, 0.4) is 0 Å². The van der Waals surface area contributed by atoms with E-state index in [2.05, 4.69) is 23.1 Å². The third-order valence-electron chi connectivity index (χ3n) is 5.59. The number of anilines is 2. The molecular formula is C24H19N2O2Se-. The molecule has 2 heterocycles. The summed E-state index contributed by atoms with van der Waals surface area (Å²) in [4.78, 5) is 16.9. The summed E-state index contributed by atoms with van der Waals surface area (Å²) in [5.41, 5.74) is 4.55. The van der Waals surface area contributed by atoms with Crippen LogP contribution in [0.5, 0.6) is 0 Å². The Kier molecular flexibility index (Phi) is 4.23. The van der Waals surface area contributed by atoms with Crippen LogP contribution in [0.2, 0.25) is 0 Å². The Labute approximate surface area is 176 Å². The average Bonchev–Trinajstić information content (AvgIpc) is 3.07. The number of hydrogen-bond acceptors (Lipinski definition) is 4. The van der Waals surface area contributed by atoms with Gasteiger partial charge in [0.1, 0.15) is 0 Å². The van der Waals surface area contributed by atoms with Gasteiger partial charge in [0.05, 0.1) is 0 Å². The predicted octanol–water partition coefficient (Wildman–Crippen LogP) is 2.17. The fourth-order valence-electron chi connectivity index (χ4n) is 3.86. The fraction of sp³-hybridized carbons (Fsp3) is 0.125. The van der Waals surface area contributed by atoms with Gasteiger partial charge < -0.3 is 0 Å². The molecule has 3 aliphatic rings. The van der Waals surface area contributed by atoms with Gasteiger partial charge >= 0.3 is 176 Å². The Bertz CT molecular complexity index is 1160. The predicted molar refractivity (Wildman–Crippen MR) is 116 cm³/mol. The molecule has 144 valence electrons. The molecule has 0 spiro atoms. The Morgan fingerprint density at radius 2 is 1.69 bits per heavy atom. The summed E-state index contributed by atoms with van der Waals surface area (Å²) >= 11 is 0.110. The number of fused-ring (bicyclic) bond motifs is 2. The van der Waals surface area contributed by atoms with Crippen LogP contribution in [0.1, 0.15) is 5.56 Å². The van der Waals surface area contributed by atoms with E-state index in [0.29, 0.717) is 5.57 Å². The number of likely N-dealkylation sites (N-methyl/N-ethyl adjacent to an activating group) is 1. The standard InChI is InChI=1S/C24H20N2O2Se/c1-25-16(12-11-15-7-3-4-8-19(15)25)13-17-23(27)18(24(17)28)14-22-26(2)20-9-5-6-10-21(20)29-22/h3-14,17,27H,1-2H3/p-1/b16-13+,22-14-. The molecule has 0 amide bonds. The molecule has 2 aromatic carbocycles. The molecule has 0 bridgehead atoms. The topological polar surface area (TPSA) is 46.6 Å². The molecule has 0 N–H and O–H groups in total. The summed E-state index contributed by atoms with van der Waals surface area (Å²) in [6, 6.07) is 16.3. The molecule has 0 fully saturated rings. The van der Waals surface area contributed by atoms with Crippen LogP contribution >= 0.6 is 0 Å². The van der Waals surface area contributed by atoms with E-state index in [1.54, 1.807) is 12.2 Å². The van der Waals surface area contributed by atoms with Crippen molar-refractivity contribution in [3.63, 3.8) is 0 Å². The molecule has 5 heteroatoms. The number of carbonyl (C=O) groups excluding carboxylic acids is 1. The molecule has 0 aromatic heterocycles. The number of carbonyl (C=O) groups is 1. The monoisotopic (exact) mass is 447 g/mol. The van der Waals surface area contributed by atoms with Gasteiger partial charge in [0.15, 0.2) is 0 Å². The van der Waals surface area contributed by atoms with Crippen LogP contribution in [0.4, 0.5) is 11.4 Å². The van der Waals surface area contributed by atoms with Gasteiger partial charge in [-0.05, 0) is 0 Å². The van der Waals surface area contributed by atoms with Crippen LogP contribution in [0.15, 0.2) is 88.4 Å². The second-order valence-electron chi connectivity index (χ2n) is 7.27. The van der Waals surface area contributed by atoms with Gasteiger partial charge in [-0.25, -0.2) is 0 Å². The summed E-state index contributed by atoms with van der Waals surface area (Å²) in [7, 11) is 3.95. The van der Waals surface area contributed by atoms with Gasteiger partial charge in [-0.2, -0.15) is 0 Å². The van der Waals surface area contributed by atoms with Gasteiger partial charge in [-0.3, -0.25) is 0 Å². The quantitative estimate of drug-likeness (QED) is 0.664. The molecule has 1 atom stereocenters. The van der Waals surface area contributed by atoms with Crippen molar-refractivity contribution >= 4 is 42.7 Å². The van der Waals surface area contributed by atoms with Crippen molar-refractivity contribution in [2.45, 2.75) is 0 Å². The SMILES string of the molecule is CN1/C(=C/C2=C([O-])C(/C=C3\C=Cc4ccccc4N3C)C2=O)[Se]c2ccccc21. The molecule has 0 saturated carbocycles. The Balaban J connectivity index is 1.42. The maximum atomic E-state index is 12.8. The van der Waals surface area contributed by atoms with Crippen molar-refractivity contribution in [1.29, 1.82) is 0 Å². The number of Topliss-reactive ketones (excluding diaryl/α,β-unsaturated/α-hetero) is 1. The zero-order valence-corrected chi connectivity index (χ0v) is 17.8. The summed E-state index contributed by atoms with van der Waals surface area (Å²) in [6.45, 7) is 0. The van der Waals surface area contributed by atoms with Crippen LogP contribution in [0, 0.1) is 5.92 Å². The van der Waals surface area contributed by atoms with Crippen LogP contribution in [-0.4, -0.2) is 34.8 Å². The molecule has 29 heavy (non-hydrogen) atoms. The zero-order chi connectivity index (χ0) is 20.1. The van der Waals surface area contributed by atoms with E-state index in [1.165, 1.54) is 4.46 Å². The first-order chi connectivity index (χ1) is 14.0. The van der Waals surface area contributed by atoms with Gasteiger partial charge in [0.25, 0.3) is 0 Å². The Morgan fingerprint density at radius 3 is 2.45 bits per heavy atom. The minimum atomic E-state index is -0.684. The Hall–Kier alpha value is -3.01. The molecule has 2 aliphatic heterocycles. The second-order valence-corrected chi connectivity index (χ2v) is 9.50. The number of para-hydroxylation sites is 2. The van der Waals surface area contributed by atoms with E-state index >= 15 is 0 Å². The second kappa shape index (κ2) is 6.80. The third kappa shape index (κ3) is 2.86. The van der Waals surface area contributed by atoms with Crippen LogP contribution < -0.4 is 19.4 Å². The number of hydrogen-bond donors (Lipinski definition) is 0. The van der Waals surface area contributed by atoms with Crippen molar-refractivity contribution in [3.05, 3.63) is 93.9 Å². The van der Waals surface area contributed by atoms with Gasteiger partial charge in [0.2, 0.25) is 0 Å². The normalized spacial score (nSPS) is 23.0. The van der Waals surface area contributed by atoms with Crippen molar-refractivity contribution < 1.29 is 9.90 Å². The number of allylic oxidation sites excluding steroid dienone is 4. The zero-order valence-electron chi connectivity index (χ0n) is 16.1. The molecule has 2 aromatic rings. The van der Waals surface area contributed by atoms with Crippen LogP contribution in [-0.2, 0) is 4.79 Å². The molecular weight excluding hydrogens is 427 g/mol. The molecule has 1 unspecified atom stereocenters. The van der Waals surface area contributed by atoms with Crippen molar-refractivity contribution in [1.82, 2.24) is 0 Å². The van der Waals surface area contributed by atoms with Crippen molar-refractivity contribution in [2.75, 3.05) is 23.9 Å². The van der Waals surface area contributed by atoms with Gasteiger partial charge in [-0.1, -0.05) is 0 Å². The molecule has 0 radical (unpaired) electrons. The average molecular weight is 446 g/mol. The van der Waals surface area contributed by atoms with E-state index in [1.807, 2.05) is 61.5 Å². The van der Waals surface area contributed by atoms with E-state index < -0.39 is 5.92 Å². The fourth-order valence-corrected chi connectivity index (χ4v) is 6.15. The third-order valence-corrected chi connectivity index (χ3v) is 8.04. The first-order valence-corrected chi connectivity index (χ1v) is 11.2. The van der Waals surface area contributed by atoms with E-state index in [-0.39, 0.29) is 26.5 Å². The van der Waals surface area contributed by atoms with Crippen molar-refractivity contribution in [3.8, 4) is 0 Å². The van der Waals surface area contributed by atoms with Crippen LogP contribution in [0.25, 0.3) is 6.08 Å². The summed E-state index contributed by atoms with van der Waals surface area (Å²) in [5, 5.41) is 12.8. The Morgan fingerprint density at radius 1 is 0.966 bits per heavy atom. The van der Waals surface area contributed by atoms with Gasteiger partial charge in [-0.15, -0.1) is 0 Å². The number of nitrogens with zero attached hydrogens (tertiary/aromatic N) is 2. The van der Waals surface area contributed by atoms with E-state index in [9.17, 15) is 9.90 Å². The first kappa shape index (κ1) is 18.0. The number of benzene rings is 2.